The van der Waals surface area contributed by atoms with Crippen LogP contribution in [0.3, 0.4) is 0 Å². The molecule has 134 valence electrons. The molecule has 1 aliphatic heterocycles. The molecule has 5 nitrogen and oxygen atoms in total. The summed E-state index contributed by atoms with van der Waals surface area (Å²) in [5.41, 5.74) is 2.62. The molecule has 1 atom stereocenters. The molecular weight excluding hydrogens is 375 g/mol. The number of hydrogen-bond acceptors (Lipinski definition) is 4. The fourth-order valence-corrected chi connectivity index (χ4v) is 4.15. The third-order valence-electron chi connectivity index (χ3n) is 4.72. The summed E-state index contributed by atoms with van der Waals surface area (Å²) >= 11 is 12.5. The van der Waals surface area contributed by atoms with E-state index in [1.54, 1.807) is 0 Å². The second-order valence-electron chi connectivity index (χ2n) is 6.31. The molecule has 2 aliphatic rings. The van der Waals surface area contributed by atoms with Gasteiger partial charge in [0.1, 0.15) is 11.1 Å². The number of H-pyrrole nitrogens is 1. The molecule has 26 heavy (non-hydrogen) atoms. The van der Waals surface area contributed by atoms with E-state index >= 15 is 0 Å². The Morgan fingerprint density at radius 2 is 1.88 bits per heavy atom. The largest absolute Gasteiger partial charge is 0.371 e. The monoisotopic (exact) mass is 390 g/mol. The van der Waals surface area contributed by atoms with Gasteiger partial charge in [0, 0.05) is 35.2 Å². The van der Waals surface area contributed by atoms with Crippen molar-refractivity contribution in [3.8, 4) is 0 Å². The first kappa shape index (κ1) is 17.5. The first-order valence-electron chi connectivity index (χ1n) is 8.29. The highest BCUT2D eigenvalue weighted by Gasteiger charge is 2.39. The third kappa shape index (κ3) is 2.63. The number of hydrogen-bond donors (Lipinski definition) is 2. The lowest BCUT2D eigenvalue weighted by Crippen LogP contribution is -2.42. The van der Waals surface area contributed by atoms with E-state index in [9.17, 15) is 9.59 Å². The predicted molar refractivity (Wildman–Crippen MR) is 101 cm³/mol. The van der Waals surface area contributed by atoms with Gasteiger partial charge in [0.25, 0.3) is 0 Å². The summed E-state index contributed by atoms with van der Waals surface area (Å²) in [5.74, 6) is -0.905. The van der Waals surface area contributed by atoms with Crippen LogP contribution in [0.2, 0.25) is 0 Å². The number of allylic oxidation sites excluding steroid dienone is 3. The highest BCUT2D eigenvalue weighted by Crippen LogP contribution is 2.40. The topological polar surface area (TPSA) is 71.2 Å². The van der Waals surface area contributed by atoms with Crippen LogP contribution in [-0.4, -0.2) is 42.4 Å². The summed E-state index contributed by atoms with van der Waals surface area (Å²) in [6.07, 6.45) is -0.571. The van der Waals surface area contributed by atoms with Crippen molar-refractivity contribution in [2.24, 2.45) is 0 Å². The average molecular weight is 391 g/mol. The molecule has 4 rings (SSSR count). The van der Waals surface area contributed by atoms with E-state index in [2.05, 4.69) is 10.3 Å². The maximum Gasteiger partial charge on any atom is 0.216 e. The molecule has 0 saturated carbocycles. The zero-order valence-corrected chi connectivity index (χ0v) is 15.5. The van der Waals surface area contributed by atoms with Gasteiger partial charge < -0.3 is 15.0 Å². The maximum absolute atomic E-state index is 13.3. The van der Waals surface area contributed by atoms with Gasteiger partial charge in [0.05, 0.1) is 22.8 Å². The highest BCUT2D eigenvalue weighted by molar-refractivity contribution is 6.63. The molecule has 1 fully saturated rings. The number of carbonyl (C=O) groups is 2. The number of aromatic nitrogens is 1. The summed E-state index contributed by atoms with van der Waals surface area (Å²) in [7, 11) is 0. The Bertz CT molecular complexity index is 997. The fourth-order valence-electron chi connectivity index (χ4n) is 3.53. The van der Waals surface area contributed by atoms with Gasteiger partial charge in [-0.25, -0.2) is 0 Å². The van der Waals surface area contributed by atoms with E-state index in [1.165, 1.54) is 0 Å². The number of halogens is 2. The Morgan fingerprint density at radius 1 is 1.12 bits per heavy atom. The molecular formula is C19H16Cl2N2O3. The van der Waals surface area contributed by atoms with Gasteiger partial charge in [-0.2, -0.15) is 0 Å². The Labute approximate surface area is 160 Å². The number of aryl methyl sites for hydroxylation is 1. The van der Waals surface area contributed by atoms with Crippen molar-refractivity contribution < 1.29 is 14.3 Å². The van der Waals surface area contributed by atoms with E-state index in [1.807, 2.05) is 31.2 Å². The maximum atomic E-state index is 13.3. The lowest BCUT2D eigenvalue weighted by atomic mass is 9.86. The summed E-state index contributed by atoms with van der Waals surface area (Å²) < 4.78 is 5.67. The van der Waals surface area contributed by atoms with Crippen molar-refractivity contribution in [1.82, 2.24) is 10.3 Å². The second-order valence-corrected chi connectivity index (χ2v) is 7.06. The van der Waals surface area contributed by atoms with Crippen molar-refractivity contribution in [2.45, 2.75) is 13.0 Å². The van der Waals surface area contributed by atoms with Crippen LogP contribution in [0.5, 0.6) is 0 Å². The van der Waals surface area contributed by atoms with Crippen LogP contribution >= 0.6 is 23.2 Å². The van der Waals surface area contributed by atoms with Gasteiger partial charge in [0.15, 0.2) is 5.78 Å². The summed E-state index contributed by atoms with van der Waals surface area (Å²) in [5, 5.41) is 3.68. The number of benzene rings is 1. The number of para-hydroxylation sites is 1. The van der Waals surface area contributed by atoms with Gasteiger partial charge in [-0.15, -0.1) is 0 Å². The van der Waals surface area contributed by atoms with E-state index < -0.39 is 11.9 Å². The minimum atomic E-state index is -0.571. The van der Waals surface area contributed by atoms with E-state index in [0.29, 0.717) is 25.3 Å². The van der Waals surface area contributed by atoms with Crippen molar-refractivity contribution in [2.75, 3.05) is 19.7 Å². The normalized spacial score (nSPS) is 21.9. The van der Waals surface area contributed by atoms with Crippen LogP contribution in [0.1, 0.15) is 11.3 Å². The van der Waals surface area contributed by atoms with Crippen LogP contribution < -0.4 is 5.32 Å². The summed E-state index contributed by atoms with van der Waals surface area (Å²) in [6, 6.07) is 7.57. The standard InChI is InChI=1S/C19H16Cl2N2O3/c1-9-13(10-4-2-3-5-11(10)23-9)15-17(21)19(25)16(20)14(18(15)24)12-8-22-6-7-26-12/h2-5,12,22-23H,6-8H2,1H3. The summed E-state index contributed by atoms with van der Waals surface area (Å²) in [6.45, 7) is 3.40. The number of aromatic amines is 1. The van der Waals surface area contributed by atoms with Crippen LogP contribution in [0.15, 0.2) is 39.9 Å². The van der Waals surface area contributed by atoms with Gasteiger partial charge in [-0.05, 0) is 13.0 Å². The van der Waals surface area contributed by atoms with Gasteiger partial charge in [0.2, 0.25) is 5.78 Å². The van der Waals surface area contributed by atoms with Crippen molar-refractivity contribution in [3.05, 3.63) is 51.2 Å². The highest BCUT2D eigenvalue weighted by atomic mass is 35.5. The van der Waals surface area contributed by atoms with E-state index in [0.717, 1.165) is 16.6 Å². The zero-order valence-electron chi connectivity index (χ0n) is 14.0. The lowest BCUT2D eigenvalue weighted by Gasteiger charge is -2.28. The van der Waals surface area contributed by atoms with Crippen LogP contribution in [0, 0.1) is 6.92 Å². The predicted octanol–water partition coefficient (Wildman–Crippen LogP) is 3.06. The fraction of sp³-hybridized carbons (Fsp3) is 0.263. The molecule has 1 saturated heterocycles. The number of carbonyl (C=O) groups excluding carboxylic acids is 2. The molecule has 0 amide bonds. The summed E-state index contributed by atoms with van der Waals surface area (Å²) in [4.78, 5) is 29.2. The first-order valence-corrected chi connectivity index (χ1v) is 9.05. The molecule has 0 radical (unpaired) electrons. The lowest BCUT2D eigenvalue weighted by molar-refractivity contribution is -0.115. The molecule has 0 bridgehead atoms. The van der Waals surface area contributed by atoms with Crippen molar-refractivity contribution in [1.29, 1.82) is 0 Å². The van der Waals surface area contributed by atoms with Gasteiger partial charge in [-0.1, -0.05) is 41.4 Å². The Morgan fingerprint density at radius 3 is 2.62 bits per heavy atom. The SMILES string of the molecule is Cc1[nH]c2ccccc2c1C1=C(Cl)C(=O)C(Cl)=C(C2CNCCO2)C1=O. The molecule has 0 spiro atoms. The first-order chi connectivity index (χ1) is 12.5. The number of morpholine rings is 1. The van der Waals surface area contributed by atoms with Crippen LogP contribution in [-0.2, 0) is 14.3 Å². The molecule has 2 N–H and O–H groups in total. The molecule has 1 aromatic heterocycles. The van der Waals surface area contributed by atoms with Crippen molar-refractivity contribution in [3.63, 3.8) is 0 Å². The third-order valence-corrected chi connectivity index (χ3v) is 5.46. The van der Waals surface area contributed by atoms with Crippen LogP contribution in [0.25, 0.3) is 16.5 Å². The van der Waals surface area contributed by atoms with E-state index in [-0.39, 0.29) is 27.0 Å². The number of nitrogens with one attached hydrogen (secondary N) is 2. The molecule has 2 aromatic rings. The number of Topliss-reactive ketones (excluding diaryl/α,β-unsaturated/α-hetero) is 2. The quantitative estimate of drug-likeness (QED) is 0.772. The zero-order chi connectivity index (χ0) is 18.4. The minimum Gasteiger partial charge on any atom is -0.371 e. The molecule has 1 unspecified atom stereocenters. The molecule has 1 aliphatic carbocycles. The Balaban J connectivity index is 1.89. The number of ether oxygens (including phenoxy) is 1. The molecule has 2 heterocycles. The number of fused-ring (bicyclic) bond motifs is 1. The van der Waals surface area contributed by atoms with E-state index in [4.69, 9.17) is 27.9 Å². The number of rotatable bonds is 2. The minimum absolute atomic E-state index is 0.152. The molecule has 7 heteroatoms. The smallest absolute Gasteiger partial charge is 0.216 e. The second kappa shape index (κ2) is 6.67. The van der Waals surface area contributed by atoms with Gasteiger partial charge in [-0.3, -0.25) is 9.59 Å². The van der Waals surface area contributed by atoms with Crippen LogP contribution in [0.4, 0.5) is 0 Å². The average Bonchev–Trinajstić information content (AvgIpc) is 2.97. The van der Waals surface area contributed by atoms with Crippen molar-refractivity contribution >= 4 is 51.2 Å². The Hall–Kier alpha value is -1.92. The number of ketones is 2. The Kier molecular flexibility index (Phi) is 4.49. The van der Waals surface area contributed by atoms with Gasteiger partial charge >= 0.3 is 0 Å². The molecule has 1 aromatic carbocycles.